The van der Waals surface area contributed by atoms with Crippen molar-refractivity contribution in [3.05, 3.63) is 64.5 Å². The number of alkyl halides is 2. The third-order valence-electron chi connectivity index (χ3n) is 5.75. The highest BCUT2D eigenvalue weighted by molar-refractivity contribution is 6.00. The van der Waals surface area contributed by atoms with Crippen LogP contribution in [0.2, 0.25) is 0 Å². The van der Waals surface area contributed by atoms with E-state index in [4.69, 9.17) is 5.26 Å². The van der Waals surface area contributed by atoms with Crippen LogP contribution in [0, 0.1) is 11.3 Å². The molecule has 1 fully saturated rings. The Balaban J connectivity index is 1.44. The number of nitrogens with zero attached hydrogens (tertiary/aromatic N) is 3. The fraction of sp³-hybridized carbons (Fsp3) is 0.292. The number of likely N-dealkylation sites (tertiary alicyclic amines) is 1. The summed E-state index contributed by atoms with van der Waals surface area (Å²) in [7, 11) is 0. The maximum atomic E-state index is 13.6. The van der Waals surface area contributed by atoms with E-state index in [0.29, 0.717) is 17.7 Å². The number of halogens is 2. The van der Waals surface area contributed by atoms with E-state index in [1.54, 1.807) is 30.4 Å². The van der Waals surface area contributed by atoms with Crippen molar-refractivity contribution in [1.82, 2.24) is 20.5 Å². The van der Waals surface area contributed by atoms with Crippen LogP contribution in [-0.4, -0.2) is 59.2 Å². The van der Waals surface area contributed by atoms with E-state index in [0.717, 1.165) is 22.4 Å². The molecule has 2 aliphatic rings. The number of pyridine rings is 1. The van der Waals surface area contributed by atoms with Crippen molar-refractivity contribution in [3.63, 3.8) is 0 Å². The van der Waals surface area contributed by atoms with Gasteiger partial charge in [-0.2, -0.15) is 5.26 Å². The van der Waals surface area contributed by atoms with Crippen molar-refractivity contribution in [2.45, 2.75) is 24.8 Å². The number of carbonyl (C=O) groups is 3. The van der Waals surface area contributed by atoms with Crippen molar-refractivity contribution < 1.29 is 23.2 Å². The zero-order chi connectivity index (χ0) is 24.3. The second-order valence-electron chi connectivity index (χ2n) is 8.13. The summed E-state index contributed by atoms with van der Waals surface area (Å²) in [6, 6.07) is 7.43. The number of nitriles is 1. The Hall–Kier alpha value is -4.13. The highest BCUT2D eigenvalue weighted by Crippen LogP contribution is 2.31. The van der Waals surface area contributed by atoms with Crippen LogP contribution in [0.4, 0.5) is 8.78 Å². The second-order valence-corrected chi connectivity index (χ2v) is 8.13. The zero-order valence-corrected chi connectivity index (χ0v) is 18.1. The maximum Gasteiger partial charge on any atom is 0.268 e. The summed E-state index contributed by atoms with van der Waals surface area (Å²) in [5.41, 5.74) is 3.17. The van der Waals surface area contributed by atoms with Crippen LogP contribution in [0.5, 0.6) is 0 Å². The van der Waals surface area contributed by atoms with Gasteiger partial charge in [-0.3, -0.25) is 19.4 Å². The SMILES string of the molecule is N#C[C@@H]1CC(F)(F)CN1C(=O)CNC(=O)c1ccncc1/C=C/c1ccc2c(c1)CCNC2=O. The summed E-state index contributed by atoms with van der Waals surface area (Å²) in [6.07, 6.45) is 6.42. The lowest BCUT2D eigenvalue weighted by Crippen LogP contribution is -2.43. The molecular weight excluding hydrogens is 444 g/mol. The Morgan fingerprint density at radius 1 is 1.32 bits per heavy atom. The first-order valence-electron chi connectivity index (χ1n) is 10.7. The lowest BCUT2D eigenvalue weighted by molar-refractivity contribution is -0.131. The lowest BCUT2D eigenvalue weighted by atomic mass is 9.97. The molecule has 1 atom stereocenters. The van der Waals surface area contributed by atoms with E-state index in [1.807, 2.05) is 6.07 Å². The van der Waals surface area contributed by atoms with Gasteiger partial charge in [-0.15, -0.1) is 0 Å². The van der Waals surface area contributed by atoms with Gasteiger partial charge in [-0.05, 0) is 29.7 Å². The third-order valence-corrected chi connectivity index (χ3v) is 5.75. The highest BCUT2D eigenvalue weighted by atomic mass is 19.3. The smallest absolute Gasteiger partial charge is 0.268 e. The Bertz CT molecular complexity index is 1220. The van der Waals surface area contributed by atoms with Gasteiger partial charge < -0.3 is 15.5 Å². The first-order valence-corrected chi connectivity index (χ1v) is 10.7. The molecule has 174 valence electrons. The van der Waals surface area contributed by atoms with Crippen LogP contribution in [0.15, 0.2) is 36.7 Å². The number of fused-ring (bicyclic) bond motifs is 1. The molecule has 0 saturated carbocycles. The minimum absolute atomic E-state index is 0.101. The van der Waals surface area contributed by atoms with Gasteiger partial charge in [0.1, 0.15) is 6.04 Å². The van der Waals surface area contributed by atoms with E-state index in [1.165, 1.54) is 18.5 Å². The fourth-order valence-electron chi connectivity index (χ4n) is 4.03. The average molecular weight is 465 g/mol. The predicted molar refractivity (Wildman–Crippen MR) is 119 cm³/mol. The van der Waals surface area contributed by atoms with Crippen molar-refractivity contribution in [2.75, 3.05) is 19.6 Å². The van der Waals surface area contributed by atoms with Gasteiger partial charge in [-0.25, -0.2) is 8.78 Å². The molecular formula is C24H21F2N5O3. The molecule has 0 bridgehead atoms. The molecule has 2 aliphatic heterocycles. The Kier molecular flexibility index (Phi) is 6.36. The monoisotopic (exact) mass is 465 g/mol. The topological polar surface area (TPSA) is 115 Å². The number of amides is 3. The van der Waals surface area contributed by atoms with Crippen molar-refractivity contribution >= 4 is 29.9 Å². The molecule has 8 nitrogen and oxygen atoms in total. The molecule has 2 aromatic rings. The van der Waals surface area contributed by atoms with Crippen molar-refractivity contribution in [3.8, 4) is 6.07 Å². The number of nitrogens with one attached hydrogen (secondary N) is 2. The quantitative estimate of drug-likeness (QED) is 0.701. The zero-order valence-electron chi connectivity index (χ0n) is 18.1. The summed E-state index contributed by atoms with van der Waals surface area (Å²) in [5.74, 6) is -4.54. The van der Waals surface area contributed by atoms with Gasteiger partial charge in [0.05, 0.1) is 19.2 Å². The van der Waals surface area contributed by atoms with Crippen LogP contribution >= 0.6 is 0 Å². The standard InChI is InChI=1S/C24H21F2N5O3/c25-24(26)10-18(11-27)31(14-24)21(32)13-30-23(34)20-6-7-28-12-17(20)3-1-15-2-4-19-16(9-15)5-8-29-22(19)33/h1-4,6-7,9,12,18H,5,8,10,13-14H2,(H,29,33)(H,30,34)/b3-1+/t18-/m0/s1. The van der Waals surface area contributed by atoms with E-state index in [2.05, 4.69) is 15.6 Å². The summed E-state index contributed by atoms with van der Waals surface area (Å²) in [6.45, 7) is -0.772. The summed E-state index contributed by atoms with van der Waals surface area (Å²) in [5, 5.41) is 14.3. The van der Waals surface area contributed by atoms with Crippen LogP contribution in [0.1, 0.15) is 43.8 Å². The highest BCUT2D eigenvalue weighted by Gasteiger charge is 2.47. The van der Waals surface area contributed by atoms with Gasteiger partial charge in [0, 0.05) is 42.0 Å². The predicted octanol–water partition coefficient (Wildman–Crippen LogP) is 2.03. The summed E-state index contributed by atoms with van der Waals surface area (Å²) in [4.78, 5) is 41.8. The normalized spacial score (nSPS) is 18.8. The molecule has 0 radical (unpaired) electrons. The van der Waals surface area contributed by atoms with Gasteiger partial charge in [0.2, 0.25) is 5.91 Å². The molecule has 10 heteroatoms. The Labute approximate surface area is 194 Å². The summed E-state index contributed by atoms with van der Waals surface area (Å²) >= 11 is 0. The number of aromatic nitrogens is 1. The molecule has 0 spiro atoms. The number of hydrogen-bond donors (Lipinski definition) is 2. The molecule has 3 heterocycles. The van der Waals surface area contributed by atoms with Crippen LogP contribution < -0.4 is 10.6 Å². The molecule has 0 unspecified atom stereocenters. The molecule has 1 saturated heterocycles. The molecule has 34 heavy (non-hydrogen) atoms. The molecule has 3 amide bonds. The number of benzene rings is 1. The van der Waals surface area contributed by atoms with Crippen LogP contribution in [0.3, 0.4) is 0 Å². The van der Waals surface area contributed by atoms with E-state index < -0.39 is 43.3 Å². The van der Waals surface area contributed by atoms with Crippen LogP contribution in [0.25, 0.3) is 12.2 Å². The Morgan fingerprint density at radius 2 is 2.15 bits per heavy atom. The van der Waals surface area contributed by atoms with Crippen molar-refractivity contribution in [2.24, 2.45) is 0 Å². The van der Waals surface area contributed by atoms with Gasteiger partial charge in [0.25, 0.3) is 17.7 Å². The lowest BCUT2D eigenvalue weighted by Gasteiger charge is -2.19. The number of rotatable bonds is 5. The first kappa shape index (κ1) is 23.0. The Morgan fingerprint density at radius 3 is 2.94 bits per heavy atom. The van der Waals surface area contributed by atoms with Gasteiger partial charge >= 0.3 is 0 Å². The minimum atomic E-state index is -3.12. The largest absolute Gasteiger partial charge is 0.352 e. The molecule has 1 aromatic carbocycles. The van der Waals surface area contributed by atoms with Crippen LogP contribution in [-0.2, 0) is 11.2 Å². The molecule has 4 rings (SSSR count). The molecule has 0 aliphatic carbocycles. The second kappa shape index (κ2) is 9.39. The fourth-order valence-corrected chi connectivity index (χ4v) is 4.03. The average Bonchev–Trinajstić information content (AvgIpc) is 3.16. The first-order chi connectivity index (χ1) is 16.3. The van der Waals surface area contributed by atoms with Gasteiger partial charge in [-0.1, -0.05) is 24.3 Å². The van der Waals surface area contributed by atoms with E-state index in [-0.39, 0.29) is 11.5 Å². The number of carbonyl (C=O) groups excluding carboxylic acids is 3. The number of hydrogen-bond acceptors (Lipinski definition) is 5. The molecule has 1 aromatic heterocycles. The molecule has 2 N–H and O–H groups in total. The van der Waals surface area contributed by atoms with Gasteiger partial charge in [0.15, 0.2) is 0 Å². The van der Waals surface area contributed by atoms with E-state index >= 15 is 0 Å². The van der Waals surface area contributed by atoms with E-state index in [9.17, 15) is 23.2 Å². The minimum Gasteiger partial charge on any atom is -0.352 e. The van der Waals surface area contributed by atoms with Crippen molar-refractivity contribution in [1.29, 1.82) is 5.26 Å². The summed E-state index contributed by atoms with van der Waals surface area (Å²) < 4.78 is 27.2. The maximum absolute atomic E-state index is 13.6. The third kappa shape index (κ3) is 4.93.